The lowest BCUT2D eigenvalue weighted by Gasteiger charge is -2.12. The van der Waals surface area contributed by atoms with Crippen molar-refractivity contribution in [3.05, 3.63) is 35.9 Å². The van der Waals surface area contributed by atoms with Crippen molar-refractivity contribution in [2.24, 2.45) is 7.05 Å². The van der Waals surface area contributed by atoms with E-state index < -0.39 is 0 Å². The van der Waals surface area contributed by atoms with Crippen molar-refractivity contribution >= 4 is 32.6 Å². The molecule has 1 aromatic carbocycles. The third-order valence-corrected chi connectivity index (χ3v) is 4.00. The van der Waals surface area contributed by atoms with Gasteiger partial charge in [-0.3, -0.25) is 4.79 Å². The summed E-state index contributed by atoms with van der Waals surface area (Å²) in [6.45, 7) is 1.87. The average Bonchev–Trinajstić information content (AvgIpc) is 3.02. The summed E-state index contributed by atoms with van der Waals surface area (Å²) >= 11 is 1.36. The number of thiazole rings is 1. The van der Waals surface area contributed by atoms with Crippen molar-refractivity contribution in [1.29, 1.82) is 0 Å². The molecule has 8 heteroatoms. The van der Waals surface area contributed by atoms with Crippen LogP contribution >= 0.6 is 11.3 Å². The molecule has 0 spiro atoms. The van der Waals surface area contributed by atoms with Gasteiger partial charge in [0.1, 0.15) is 6.33 Å². The maximum atomic E-state index is 12.3. The number of rotatable bonds is 3. The average molecular weight is 302 g/mol. The van der Waals surface area contributed by atoms with Gasteiger partial charge in [-0.25, -0.2) is 4.98 Å². The first-order chi connectivity index (χ1) is 10.0. The Morgan fingerprint density at radius 3 is 3.00 bits per heavy atom. The molecule has 0 aliphatic heterocycles. The van der Waals surface area contributed by atoms with Crippen LogP contribution in [0.3, 0.4) is 0 Å². The number of nitrogens with two attached hydrogens (primary N) is 1. The van der Waals surface area contributed by atoms with Gasteiger partial charge in [0.05, 0.1) is 16.3 Å². The van der Waals surface area contributed by atoms with Gasteiger partial charge in [-0.2, -0.15) is 0 Å². The summed E-state index contributed by atoms with van der Waals surface area (Å²) in [6, 6.07) is 5.10. The van der Waals surface area contributed by atoms with Crippen molar-refractivity contribution in [1.82, 2.24) is 25.1 Å². The van der Waals surface area contributed by atoms with Gasteiger partial charge in [-0.1, -0.05) is 11.3 Å². The fourth-order valence-electron chi connectivity index (χ4n) is 2.11. The van der Waals surface area contributed by atoms with Gasteiger partial charge in [0.15, 0.2) is 11.0 Å². The highest BCUT2D eigenvalue weighted by molar-refractivity contribution is 7.22. The van der Waals surface area contributed by atoms with E-state index in [1.807, 2.05) is 14.0 Å². The molecule has 0 bridgehead atoms. The van der Waals surface area contributed by atoms with E-state index >= 15 is 0 Å². The molecule has 0 aliphatic carbocycles. The Kier molecular flexibility index (Phi) is 3.30. The lowest BCUT2D eigenvalue weighted by atomic mass is 10.2. The summed E-state index contributed by atoms with van der Waals surface area (Å²) < 4.78 is 2.67. The molecule has 2 aromatic heterocycles. The third kappa shape index (κ3) is 2.57. The monoisotopic (exact) mass is 302 g/mol. The van der Waals surface area contributed by atoms with Gasteiger partial charge in [0.2, 0.25) is 0 Å². The van der Waals surface area contributed by atoms with Gasteiger partial charge in [-0.15, -0.1) is 10.2 Å². The number of nitrogen functional groups attached to an aromatic ring is 1. The van der Waals surface area contributed by atoms with Crippen molar-refractivity contribution in [2.75, 3.05) is 5.73 Å². The minimum Gasteiger partial charge on any atom is -0.375 e. The molecule has 0 aliphatic rings. The number of fused-ring (bicyclic) bond motifs is 1. The van der Waals surface area contributed by atoms with Crippen LogP contribution in [-0.4, -0.2) is 25.7 Å². The zero-order valence-corrected chi connectivity index (χ0v) is 12.4. The fourth-order valence-corrected chi connectivity index (χ4v) is 2.89. The van der Waals surface area contributed by atoms with E-state index in [9.17, 15) is 4.79 Å². The van der Waals surface area contributed by atoms with E-state index in [0.717, 1.165) is 10.2 Å². The normalized spacial score (nSPS) is 12.5. The quantitative estimate of drug-likeness (QED) is 0.764. The molecule has 2 heterocycles. The van der Waals surface area contributed by atoms with Crippen LogP contribution in [0.5, 0.6) is 0 Å². The number of aromatic nitrogens is 4. The summed E-state index contributed by atoms with van der Waals surface area (Å²) in [6.07, 6.45) is 1.60. The van der Waals surface area contributed by atoms with Crippen LogP contribution in [0.15, 0.2) is 24.5 Å². The number of hydrogen-bond donors (Lipinski definition) is 2. The molecule has 3 N–H and O–H groups in total. The number of aryl methyl sites for hydroxylation is 1. The topological polar surface area (TPSA) is 98.7 Å². The Labute approximate surface area is 124 Å². The highest BCUT2D eigenvalue weighted by atomic mass is 32.1. The number of amides is 1. The standard InChI is InChI=1S/C13H14N6OS/c1-7(11-18-15-6-19(11)2)16-12(20)8-3-4-9-10(5-8)21-13(14)17-9/h3-7H,1-2H3,(H2,14,17)(H,16,20). The summed E-state index contributed by atoms with van der Waals surface area (Å²) in [7, 11) is 1.84. The lowest BCUT2D eigenvalue weighted by molar-refractivity contribution is 0.0938. The predicted molar refractivity (Wildman–Crippen MR) is 80.9 cm³/mol. The Morgan fingerprint density at radius 1 is 1.48 bits per heavy atom. The zero-order chi connectivity index (χ0) is 15.0. The van der Waals surface area contributed by atoms with Crippen molar-refractivity contribution < 1.29 is 4.79 Å². The van der Waals surface area contributed by atoms with Crippen LogP contribution in [0.2, 0.25) is 0 Å². The number of carbonyl (C=O) groups is 1. The number of benzene rings is 1. The summed E-state index contributed by atoms with van der Waals surface area (Å²) in [5.74, 6) is 0.533. The van der Waals surface area contributed by atoms with Crippen molar-refractivity contribution in [3.63, 3.8) is 0 Å². The number of nitrogens with zero attached hydrogens (tertiary/aromatic N) is 4. The number of nitrogens with one attached hydrogen (secondary N) is 1. The van der Waals surface area contributed by atoms with Crippen molar-refractivity contribution in [3.8, 4) is 0 Å². The highest BCUT2D eigenvalue weighted by Crippen LogP contribution is 2.24. The number of carbonyl (C=O) groups excluding carboxylic acids is 1. The number of hydrogen-bond acceptors (Lipinski definition) is 6. The molecular formula is C13H14N6OS. The van der Waals surface area contributed by atoms with Crippen LogP contribution in [0.25, 0.3) is 10.2 Å². The molecule has 3 rings (SSSR count). The van der Waals surface area contributed by atoms with E-state index in [1.165, 1.54) is 11.3 Å². The predicted octanol–water partition coefficient (Wildman–Crippen LogP) is 1.50. The van der Waals surface area contributed by atoms with Gasteiger partial charge in [0, 0.05) is 12.6 Å². The maximum Gasteiger partial charge on any atom is 0.251 e. The molecule has 21 heavy (non-hydrogen) atoms. The van der Waals surface area contributed by atoms with Gasteiger partial charge < -0.3 is 15.6 Å². The van der Waals surface area contributed by atoms with E-state index in [0.29, 0.717) is 16.5 Å². The fraction of sp³-hybridized carbons (Fsp3) is 0.231. The Balaban J connectivity index is 1.82. The summed E-state index contributed by atoms with van der Waals surface area (Å²) in [5, 5.41) is 11.2. The minimum atomic E-state index is -0.229. The lowest BCUT2D eigenvalue weighted by Crippen LogP contribution is -2.28. The van der Waals surface area contributed by atoms with Crippen LogP contribution in [0, 0.1) is 0 Å². The summed E-state index contributed by atoms with van der Waals surface area (Å²) in [5.41, 5.74) is 7.04. The van der Waals surface area contributed by atoms with E-state index in [1.54, 1.807) is 29.1 Å². The van der Waals surface area contributed by atoms with E-state index in [-0.39, 0.29) is 11.9 Å². The smallest absolute Gasteiger partial charge is 0.251 e. The minimum absolute atomic E-state index is 0.167. The zero-order valence-electron chi connectivity index (χ0n) is 11.6. The first-order valence-electron chi connectivity index (χ1n) is 6.35. The molecule has 3 aromatic rings. The molecule has 1 unspecified atom stereocenters. The molecule has 0 fully saturated rings. The van der Waals surface area contributed by atoms with Gasteiger partial charge >= 0.3 is 0 Å². The molecule has 7 nitrogen and oxygen atoms in total. The Hall–Kier alpha value is -2.48. The van der Waals surface area contributed by atoms with Crippen molar-refractivity contribution in [2.45, 2.75) is 13.0 Å². The van der Waals surface area contributed by atoms with Crippen LogP contribution in [-0.2, 0) is 7.05 Å². The molecule has 0 saturated heterocycles. The molecule has 0 saturated carbocycles. The second-order valence-electron chi connectivity index (χ2n) is 4.73. The molecule has 1 atom stereocenters. The number of anilines is 1. The SMILES string of the molecule is CC(NC(=O)c1ccc2nc(N)sc2c1)c1nncn1C. The largest absolute Gasteiger partial charge is 0.375 e. The first kappa shape index (κ1) is 13.5. The Morgan fingerprint density at radius 2 is 2.29 bits per heavy atom. The van der Waals surface area contributed by atoms with Crippen LogP contribution < -0.4 is 11.1 Å². The van der Waals surface area contributed by atoms with E-state index in [2.05, 4.69) is 20.5 Å². The second-order valence-corrected chi connectivity index (χ2v) is 5.79. The van der Waals surface area contributed by atoms with Crippen LogP contribution in [0.1, 0.15) is 29.1 Å². The summed E-state index contributed by atoms with van der Waals surface area (Å²) in [4.78, 5) is 16.5. The molecule has 108 valence electrons. The second kappa shape index (κ2) is 5.13. The van der Waals surface area contributed by atoms with Gasteiger partial charge in [0.25, 0.3) is 5.91 Å². The Bertz CT molecular complexity index is 808. The van der Waals surface area contributed by atoms with Crippen LogP contribution in [0.4, 0.5) is 5.13 Å². The maximum absolute atomic E-state index is 12.3. The highest BCUT2D eigenvalue weighted by Gasteiger charge is 2.16. The first-order valence-corrected chi connectivity index (χ1v) is 7.17. The molecule has 1 amide bonds. The third-order valence-electron chi connectivity index (χ3n) is 3.15. The molecule has 0 radical (unpaired) electrons. The molecular weight excluding hydrogens is 288 g/mol. The van der Waals surface area contributed by atoms with Gasteiger partial charge in [-0.05, 0) is 25.1 Å². The van der Waals surface area contributed by atoms with E-state index in [4.69, 9.17) is 5.73 Å².